The second-order valence-corrected chi connectivity index (χ2v) is 5.90. The largest absolute Gasteiger partial charge is 0.452 e. The number of hydrogen-bond donors (Lipinski definition) is 1. The number of carbonyl (C=O) groups excluding carboxylic acids is 2. The van der Waals surface area contributed by atoms with E-state index in [1.165, 1.54) is 11.8 Å². The number of nitrogens with one attached hydrogen (secondary N) is 1. The molecule has 22 heavy (non-hydrogen) atoms. The van der Waals surface area contributed by atoms with E-state index in [0.29, 0.717) is 16.3 Å². The summed E-state index contributed by atoms with van der Waals surface area (Å²) < 4.78 is 5.93. The maximum absolute atomic E-state index is 12.0. The molecular weight excluding hydrogens is 368 g/mol. The molecule has 5 nitrogen and oxygen atoms in total. The molecule has 0 radical (unpaired) electrons. The topological polar surface area (TPSA) is 68.3 Å². The molecule has 0 spiro atoms. The Bertz CT molecular complexity index is 677. The molecule has 2 aromatic rings. The van der Waals surface area contributed by atoms with Crippen molar-refractivity contribution >= 4 is 45.3 Å². The highest BCUT2D eigenvalue weighted by atomic mass is 79.9. The lowest BCUT2D eigenvalue weighted by molar-refractivity contribution is -0.119. The third-order valence-corrected chi connectivity index (χ3v) is 3.89. The highest BCUT2D eigenvalue weighted by Gasteiger charge is 2.14. The fraction of sp³-hybridized carbons (Fsp3) is 0.133. The summed E-state index contributed by atoms with van der Waals surface area (Å²) >= 11 is 4.66. The monoisotopic (exact) mass is 380 g/mol. The summed E-state index contributed by atoms with van der Waals surface area (Å²) in [7, 11) is 0. The van der Waals surface area contributed by atoms with Crippen molar-refractivity contribution in [3.63, 3.8) is 0 Å². The fourth-order valence-corrected chi connectivity index (χ4v) is 2.45. The van der Waals surface area contributed by atoms with Gasteiger partial charge in [0.05, 0.1) is 5.56 Å². The van der Waals surface area contributed by atoms with Crippen molar-refractivity contribution in [3.05, 3.63) is 52.6 Å². The fourth-order valence-electron chi connectivity index (χ4n) is 1.65. The van der Waals surface area contributed by atoms with Gasteiger partial charge in [0, 0.05) is 16.4 Å². The van der Waals surface area contributed by atoms with Crippen LogP contribution in [0.25, 0.3) is 0 Å². The zero-order chi connectivity index (χ0) is 15.9. The molecule has 1 heterocycles. The van der Waals surface area contributed by atoms with Crippen molar-refractivity contribution < 1.29 is 14.3 Å². The number of ether oxygens (including phenoxy) is 1. The number of nitrogens with zero attached hydrogens (tertiary/aromatic N) is 1. The Balaban J connectivity index is 1.90. The van der Waals surface area contributed by atoms with Crippen LogP contribution in [0.3, 0.4) is 0 Å². The first-order chi connectivity index (χ1) is 10.6. The molecule has 0 saturated carbocycles. The minimum Gasteiger partial charge on any atom is -0.452 e. The van der Waals surface area contributed by atoms with Crippen molar-refractivity contribution in [1.29, 1.82) is 0 Å². The quantitative estimate of drug-likeness (QED) is 0.636. The van der Waals surface area contributed by atoms with Crippen LogP contribution >= 0.6 is 27.7 Å². The molecule has 0 bridgehead atoms. The lowest BCUT2D eigenvalue weighted by Crippen LogP contribution is -2.21. The normalized spacial score (nSPS) is 10.1. The van der Waals surface area contributed by atoms with E-state index in [1.54, 1.807) is 30.5 Å². The number of benzene rings is 1. The van der Waals surface area contributed by atoms with E-state index in [0.717, 1.165) is 4.47 Å². The lowest BCUT2D eigenvalue weighted by Gasteiger charge is -2.08. The van der Waals surface area contributed by atoms with Crippen LogP contribution in [0.15, 0.2) is 52.1 Å². The number of pyridine rings is 1. The van der Waals surface area contributed by atoms with Crippen LogP contribution in [0.5, 0.6) is 0 Å². The van der Waals surface area contributed by atoms with Gasteiger partial charge in [0.1, 0.15) is 5.03 Å². The molecule has 0 unspecified atom stereocenters. The second kappa shape index (κ2) is 7.95. The standard InChI is InChI=1S/C15H13BrN2O3S/c1-22-14-12(3-2-8-17-14)15(20)21-9-13(19)18-11-6-4-10(16)5-7-11/h2-8H,9H2,1H3,(H,18,19). The molecule has 0 saturated heterocycles. The molecule has 2 rings (SSSR count). The number of hydrogen-bond acceptors (Lipinski definition) is 5. The van der Waals surface area contributed by atoms with Crippen molar-refractivity contribution in [1.82, 2.24) is 4.98 Å². The smallest absolute Gasteiger partial charge is 0.341 e. The van der Waals surface area contributed by atoms with Gasteiger partial charge in [-0.15, -0.1) is 11.8 Å². The van der Waals surface area contributed by atoms with Crippen LogP contribution in [-0.2, 0) is 9.53 Å². The molecule has 1 aromatic heterocycles. The average molecular weight is 381 g/mol. The van der Waals surface area contributed by atoms with Gasteiger partial charge in [-0.2, -0.15) is 0 Å². The van der Waals surface area contributed by atoms with Gasteiger partial charge in [-0.05, 0) is 42.7 Å². The maximum atomic E-state index is 12.0. The zero-order valence-corrected chi connectivity index (χ0v) is 14.1. The number of halogens is 1. The van der Waals surface area contributed by atoms with Crippen molar-refractivity contribution in [2.75, 3.05) is 18.2 Å². The van der Waals surface area contributed by atoms with E-state index < -0.39 is 11.9 Å². The van der Waals surface area contributed by atoms with Gasteiger partial charge in [-0.1, -0.05) is 15.9 Å². The van der Waals surface area contributed by atoms with Crippen LogP contribution in [0.2, 0.25) is 0 Å². The molecule has 1 N–H and O–H groups in total. The predicted molar refractivity (Wildman–Crippen MR) is 89.1 cm³/mol. The Morgan fingerprint density at radius 1 is 1.27 bits per heavy atom. The highest BCUT2D eigenvalue weighted by molar-refractivity contribution is 9.10. The SMILES string of the molecule is CSc1ncccc1C(=O)OCC(=O)Nc1ccc(Br)cc1. The Hall–Kier alpha value is -1.86. The molecule has 0 aliphatic heterocycles. The summed E-state index contributed by atoms with van der Waals surface area (Å²) in [4.78, 5) is 27.8. The number of aromatic nitrogens is 1. The molecule has 1 amide bonds. The predicted octanol–water partition coefficient (Wildman–Crippen LogP) is 3.36. The summed E-state index contributed by atoms with van der Waals surface area (Å²) in [6, 6.07) is 10.4. The number of anilines is 1. The molecule has 0 aliphatic carbocycles. The molecule has 114 valence electrons. The first-order valence-electron chi connectivity index (χ1n) is 6.31. The van der Waals surface area contributed by atoms with Gasteiger partial charge < -0.3 is 10.1 Å². The molecule has 0 atom stereocenters. The summed E-state index contributed by atoms with van der Waals surface area (Å²) in [5.74, 6) is -0.964. The van der Waals surface area contributed by atoms with Gasteiger partial charge in [0.2, 0.25) is 0 Å². The number of carbonyl (C=O) groups is 2. The average Bonchev–Trinajstić information content (AvgIpc) is 2.54. The van der Waals surface area contributed by atoms with E-state index in [1.807, 2.05) is 18.4 Å². The minimum atomic E-state index is -0.566. The highest BCUT2D eigenvalue weighted by Crippen LogP contribution is 2.18. The Morgan fingerprint density at radius 3 is 2.68 bits per heavy atom. The minimum absolute atomic E-state index is 0.350. The van der Waals surface area contributed by atoms with Gasteiger partial charge in [0.15, 0.2) is 6.61 Å². The van der Waals surface area contributed by atoms with E-state index in [4.69, 9.17) is 4.74 Å². The molecule has 0 aliphatic rings. The Morgan fingerprint density at radius 2 is 2.00 bits per heavy atom. The van der Waals surface area contributed by atoms with Crippen molar-refractivity contribution in [2.45, 2.75) is 5.03 Å². The van der Waals surface area contributed by atoms with Gasteiger partial charge in [-0.25, -0.2) is 9.78 Å². The van der Waals surface area contributed by atoms with Crippen LogP contribution in [0.1, 0.15) is 10.4 Å². The van der Waals surface area contributed by atoms with E-state index in [9.17, 15) is 9.59 Å². The zero-order valence-electron chi connectivity index (χ0n) is 11.7. The first-order valence-corrected chi connectivity index (χ1v) is 8.33. The molecular formula is C15H13BrN2O3S. The number of rotatable bonds is 5. The van der Waals surface area contributed by atoms with Crippen LogP contribution in [0, 0.1) is 0 Å². The summed E-state index contributed by atoms with van der Waals surface area (Å²) in [6.07, 6.45) is 3.42. The number of esters is 1. The number of thioether (sulfide) groups is 1. The second-order valence-electron chi connectivity index (χ2n) is 4.19. The van der Waals surface area contributed by atoms with E-state index in [2.05, 4.69) is 26.2 Å². The van der Waals surface area contributed by atoms with Gasteiger partial charge >= 0.3 is 5.97 Å². The van der Waals surface area contributed by atoms with Crippen LogP contribution in [0.4, 0.5) is 5.69 Å². The van der Waals surface area contributed by atoms with Crippen LogP contribution in [-0.4, -0.2) is 29.7 Å². The van der Waals surface area contributed by atoms with E-state index >= 15 is 0 Å². The van der Waals surface area contributed by atoms with Crippen molar-refractivity contribution in [3.8, 4) is 0 Å². The Labute approximate surface area is 140 Å². The summed E-state index contributed by atoms with van der Waals surface area (Å²) in [5, 5.41) is 3.22. The summed E-state index contributed by atoms with van der Waals surface area (Å²) in [5.41, 5.74) is 0.988. The molecule has 0 fully saturated rings. The molecule has 7 heteroatoms. The van der Waals surface area contributed by atoms with Crippen LogP contribution < -0.4 is 5.32 Å². The molecule has 1 aromatic carbocycles. The third kappa shape index (κ3) is 4.57. The third-order valence-electron chi connectivity index (χ3n) is 2.65. The van der Waals surface area contributed by atoms with Gasteiger partial charge in [-0.3, -0.25) is 4.79 Å². The first kappa shape index (κ1) is 16.5. The van der Waals surface area contributed by atoms with E-state index in [-0.39, 0.29) is 6.61 Å². The van der Waals surface area contributed by atoms with Gasteiger partial charge in [0.25, 0.3) is 5.91 Å². The maximum Gasteiger partial charge on any atom is 0.341 e. The number of amides is 1. The summed E-state index contributed by atoms with van der Waals surface area (Å²) in [6.45, 7) is -0.350. The van der Waals surface area contributed by atoms with Crippen molar-refractivity contribution in [2.24, 2.45) is 0 Å². The Kier molecular flexibility index (Phi) is 5.97. The lowest BCUT2D eigenvalue weighted by atomic mass is 10.3.